The van der Waals surface area contributed by atoms with E-state index in [0.717, 1.165) is 51.4 Å². The number of carbonyl (C=O) groups is 2. The molecule has 0 saturated carbocycles. The third kappa shape index (κ3) is 8.01. The summed E-state index contributed by atoms with van der Waals surface area (Å²) in [6, 6.07) is 4.64. The Hall–Kier alpha value is -1.88. The van der Waals surface area contributed by atoms with Gasteiger partial charge in [0, 0.05) is 0 Å². The highest BCUT2D eigenvalue weighted by Crippen LogP contribution is 2.18. The molecule has 158 valence electrons. The quantitative estimate of drug-likeness (QED) is 0.453. The predicted octanol–water partition coefficient (Wildman–Crippen LogP) is 5.43. The van der Waals surface area contributed by atoms with Gasteiger partial charge in [-0.15, -0.1) is 0 Å². The van der Waals surface area contributed by atoms with Gasteiger partial charge in [-0.25, -0.2) is 9.59 Å². The molecule has 1 aromatic carbocycles. The Kier molecular flexibility index (Phi) is 11.5. The summed E-state index contributed by atoms with van der Waals surface area (Å²) in [4.78, 5) is 25.2. The van der Waals surface area contributed by atoms with E-state index < -0.39 is 11.9 Å². The van der Waals surface area contributed by atoms with Crippen molar-refractivity contribution < 1.29 is 24.2 Å². The minimum atomic E-state index is -0.467. The Morgan fingerprint density at radius 2 is 1.25 bits per heavy atom. The maximum atomic E-state index is 12.6. The normalized spacial score (nSPS) is 13.0. The molecule has 0 radical (unpaired) electrons. The van der Waals surface area contributed by atoms with Crippen molar-refractivity contribution in [1.82, 2.24) is 0 Å². The maximum Gasteiger partial charge on any atom is 0.338 e. The standard InChI is InChI=1S/C23H36O5/c1-5-9-11-20(7-3)27-22(25)18-13-17(16-24)14-19(15-18)23(26)28-21(8-4)12-10-6-2/h13-15,20-21,24H,5-12,16H2,1-4H3. The van der Waals surface area contributed by atoms with Crippen LogP contribution in [0.1, 0.15) is 105 Å². The van der Waals surface area contributed by atoms with Gasteiger partial charge in [0.1, 0.15) is 12.2 Å². The van der Waals surface area contributed by atoms with Gasteiger partial charge in [0.2, 0.25) is 0 Å². The van der Waals surface area contributed by atoms with Crippen molar-refractivity contribution in [3.63, 3.8) is 0 Å². The Morgan fingerprint density at radius 1 is 0.821 bits per heavy atom. The van der Waals surface area contributed by atoms with Crippen LogP contribution in [0.25, 0.3) is 0 Å². The number of unbranched alkanes of at least 4 members (excludes halogenated alkanes) is 2. The molecule has 5 heteroatoms. The van der Waals surface area contributed by atoms with Crippen LogP contribution in [0.3, 0.4) is 0 Å². The van der Waals surface area contributed by atoms with Gasteiger partial charge < -0.3 is 14.6 Å². The molecule has 1 N–H and O–H groups in total. The minimum Gasteiger partial charge on any atom is -0.459 e. The second-order valence-electron chi connectivity index (χ2n) is 7.23. The van der Waals surface area contributed by atoms with Crippen LogP contribution in [0.2, 0.25) is 0 Å². The van der Waals surface area contributed by atoms with E-state index in [9.17, 15) is 14.7 Å². The average Bonchev–Trinajstić information content (AvgIpc) is 2.73. The number of esters is 2. The zero-order valence-electron chi connectivity index (χ0n) is 17.8. The van der Waals surface area contributed by atoms with Crippen LogP contribution in [0, 0.1) is 0 Å². The van der Waals surface area contributed by atoms with Gasteiger partial charge in [-0.3, -0.25) is 0 Å². The summed E-state index contributed by atoms with van der Waals surface area (Å²) in [6.45, 7) is 7.91. The lowest BCUT2D eigenvalue weighted by Crippen LogP contribution is -2.20. The number of ether oxygens (including phenoxy) is 2. The maximum absolute atomic E-state index is 12.6. The van der Waals surface area contributed by atoms with Gasteiger partial charge >= 0.3 is 11.9 Å². The van der Waals surface area contributed by atoms with E-state index >= 15 is 0 Å². The number of hydrogen-bond acceptors (Lipinski definition) is 5. The predicted molar refractivity (Wildman–Crippen MR) is 110 cm³/mol. The minimum absolute atomic E-state index is 0.140. The average molecular weight is 393 g/mol. The fourth-order valence-electron chi connectivity index (χ4n) is 3.01. The lowest BCUT2D eigenvalue weighted by atomic mass is 10.1. The van der Waals surface area contributed by atoms with Crippen LogP contribution in [-0.2, 0) is 16.1 Å². The Labute approximate surface area is 169 Å². The molecule has 0 spiro atoms. The van der Waals surface area contributed by atoms with E-state index in [1.807, 2.05) is 13.8 Å². The summed E-state index contributed by atoms with van der Waals surface area (Å²) in [6.07, 6.45) is 6.93. The number of aliphatic hydroxyl groups excluding tert-OH is 1. The first kappa shape index (κ1) is 24.2. The first-order chi connectivity index (χ1) is 13.5. The summed E-state index contributed by atoms with van der Waals surface area (Å²) in [7, 11) is 0. The zero-order chi connectivity index (χ0) is 20.9. The van der Waals surface area contributed by atoms with Crippen molar-refractivity contribution in [2.24, 2.45) is 0 Å². The molecule has 5 nitrogen and oxygen atoms in total. The smallest absolute Gasteiger partial charge is 0.338 e. The SMILES string of the molecule is CCCCC(CC)OC(=O)c1cc(CO)cc(C(=O)OC(CC)CCCC)c1. The highest BCUT2D eigenvalue weighted by Gasteiger charge is 2.20. The second kappa shape index (κ2) is 13.3. The van der Waals surface area contributed by atoms with E-state index in [0.29, 0.717) is 5.56 Å². The molecule has 0 aliphatic heterocycles. The van der Waals surface area contributed by atoms with E-state index in [4.69, 9.17) is 9.47 Å². The summed E-state index contributed by atoms with van der Waals surface area (Å²) in [5.41, 5.74) is 1.04. The largest absolute Gasteiger partial charge is 0.459 e. The van der Waals surface area contributed by atoms with E-state index in [1.54, 1.807) is 12.1 Å². The Bertz CT molecular complexity index is 563. The number of rotatable bonds is 13. The number of hydrogen-bond donors (Lipinski definition) is 1. The molecule has 2 atom stereocenters. The van der Waals surface area contributed by atoms with Crippen molar-refractivity contribution in [3.05, 3.63) is 34.9 Å². The van der Waals surface area contributed by atoms with E-state index in [-0.39, 0.29) is 29.9 Å². The second-order valence-corrected chi connectivity index (χ2v) is 7.23. The van der Waals surface area contributed by atoms with Crippen molar-refractivity contribution >= 4 is 11.9 Å². The Morgan fingerprint density at radius 3 is 1.57 bits per heavy atom. The molecule has 0 bridgehead atoms. The van der Waals surface area contributed by atoms with Gasteiger partial charge in [-0.05, 0) is 49.4 Å². The lowest BCUT2D eigenvalue weighted by Gasteiger charge is -2.18. The molecule has 1 rings (SSSR count). The van der Waals surface area contributed by atoms with Gasteiger partial charge in [0.05, 0.1) is 17.7 Å². The third-order valence-electron chi connectivity index (χ3n) is 4.86. The Balaban J connectivity index is 2.94. The molecule has 1 aromatic rings. The summed E-state index contributed by atoms with van der Waals surface area (Å²) < 4.78 is 11.2. The summed E-state index contributed by atoms with van der Waals surface area (Å²) in [5, 5.41) is 9.53. The fraction of sp³-hybridized carbons (Fsp3) is 0.652. The van der Waals surface area contributed by atoms with Crippen LogP contribution < -0.4 is 0 Å². The molecule has 2 unspecified atom stereocenters. The van der Waals surface area contributed by atoms with Crippen LogP contribution >= 0.6 is 0 Å². The van der Waals surface area contributed by atoms with E-state index in [2.05, 4.69) is 13.8 Å². The van der Waals surface area contributed by atoms with Crippen molar-refractivity contribution in [3.8, 4) is 0 Å². The summed E-state index contributed by atoms with van der Waals surface area (Å²) >= 11 is 0. The molecule has 0 fully saturated rings. The van der Waals surface area contributed by atoms with Crippen molar-refractivity contribution in [1.29, 1.82) is 0 Å². The number of benzene rings is 1. The molecule has 0 saturated heterocycles. The molecule has 0 amide bonds. The molecule has 0 aromatic heterocycles. The highest BCUT2D eigenvalue weighted by molar-refractivity contribution is 5.95. The van der Waals surface area contributed by atoms with E-state index in [1.165, 1.54) is 6.07 Å². The first-order valence-corrected chi connectivity index (χ1v) is 10.7. The zero-order valence-corrected chi connectivity index (χ0v) is 17.8. The van der Waals surface area contributed by atoms with Crippen LogP contribution in [0.5, 0.6) is 0 Å². The number of aliphatic hydroxyl groups is 1. The van der Waals surface area contributed by atoms with Gasteiger partial charge in [-0.1, -0.05) is 53.4 Å². The van der Waals surface area contributed by atoms with Gasteiger partial charge in [0.15, 0.2) is 0 Å². The van der Waals surface area contributed by atoms with Crippen LogP contribution in [0.15, 0.2) is 18.2 Å². The fourth-order valence-corrected chi connectivity index (χ4v) is 3.01. The molecule has 0 aliphatic rings. The summed E-state index contributed by atoms with van der Waals surface area (Å²) in [5.74, 6) is -0.935. The molecule has 0 heterocycles. The molecule has 0 aliphatic carbocycles. The number of carbonyl (C=O) groups excluding carboxylic acids is 2. The van der Waals surface area contributed by atoms with Crippen LogP contribution in [-0.4, -0.2) is 29.3 Å². The molecular formula is C23H36O5. The molecule has 28 heavy (non-hydrogen) atoms. The van der Waals surface area contributed by atoms with Crippen LogP contribution in [0.4, 0.5) is 0 Å². The highest BCUT2D eigenvalue weighted by atomic mass is 16.5. The van der Waals surface area contributed by atoms with Crippen molar-refractivity contribution in [2.75, 3.05) is 0 Å². The van der Waals surface area contributed by atoms with Crippen molar-refractivity contribution in [2.45, 2.75) is 97.9 Å². The topological polar surface area (TPSA) is 72.8 Å². The lowest BCUT2D eigenvalue weighted by molar-refractivity contribution is 0.0266. The molecular weight excluding hydrogens is 356 g/mol. The van der Waals surface area contributed by atoms with Gasteiger partial charge in [0.25, 0.3) is 0 Å². The van der Waals surface area contributed by atoms with Gasteiger partial charge in [-0.2, -0.15) is 0 Å². The first-order valence-electron chi connectivity index (χ1n) is 10.7. The monoisotopic (exact) mass is 392 g/mol. The third-order valence-corrected chi connectivity index (χ3v) is 4.86.